The number of hydrogen-bond donors (Lipinski definition) is 0. The third-order valence-electron chi connectivity index (χ3n) is 8.55. The lowest BCUT2D eigenvalue weighted by molar-refractivity contribution is 0.434. The highest BCUT2D eigenvalue weighted by Crippen LogP contribution is 2.55. The number of ether oxygens (including phenoxy) is 1. The molecule has 0 bridgehead atoms. The van der Waals surface area contributed by atoms with Gasteiger partial charge in [0, 0.05) is 22.3 Å². The monoisotopic (exact) mass is 564 g/mol. The second-order valence-corrected chi connectivity index (χ2v) is 11.0. The van der Waals surface area contributed by atoms with Gasteiger partial charge in [-0.1, -0.05) is 140 Å². The van der Waals surface area contributed by atoms with Crippen molar-refractivity contribution in [1.82, 2.24) is 10.2 Å². The Morgan fingerprint density at radius 1 is 0.364 bits per heavy atom. The van der Waals surface area contributed by atoms with Crippen LogP contribution in [0.25, 0.3) is 33.6 Å². The van der Waals surface area contributed by atoms with Gasteiger partial charge in [0.25, 0.3) is 0 Å². The fourth-order valence-corrected chi connectivity index (χ4v) is 6.49. The molecule has 3 nitrogen and oxygen atoms in total. The SMILES string of the molecule is c1ccc(-c2ccc(-c3ccc(-c4cccc(C5(c6ccccc6)c6ccccc6Oc6ccccc65)c4)cc3)nn2)cc1. The van der Waals surface area contributed by atoms with Gasteiger partial charge in [0.15, 0.2) is 0 Å². The lowest BCUT2D eigenvalue weighted by atomic mass is 9.63. The van der Waals surface area contributed by atoms with Gasteiger partial charge < -0.3 is 4.74 Å². The van der Waals surface area contributed by atoms with E-state index in [1.807, 2.05) is 54.6 Å². The maximum absolute atomic E-state index is 6.47. The van der Waals surface area contributed by atoms with E-state index in [4.69, 9.17) is 4.74 Å². The van der Waals surface area contributed by atoms with Gasteiger partial charge in [-0.25, -0.2) is 0 Å². The summed E-state index contributed by atoms with van der Waals surface area (Å²) in [5.74, 6) is 1.76. The van der Waals surface area contributed by atoms with Crippen molar-refractivity contribution < 1.29 is 4.74 Å². The first-order valence-electron chi connectivity index (χ1n) is 14.8. The smallest absolute Gasteiger partial charge is 0.132 e. The fraction of sp³-hybridized carbons (Fsp3) is 0.0244. The van der Waals surface area contributed by atoms with Gasteiger partial charge >= 0.3 is 0 Å². The van der Waals surface area contributed by atoms with Gasteiger partial charge in [-0.3, -0.25) is 0 Å². The van der Waals surface area contributed by atoms with Crippen molar-refractivity contribution in [3.8, 4) is 45.1 Å². The van der Waals surface area contributed by atoms with Crippen LogP contribution in [-0.4, -0.2) is 10.2 Å². The molecular weight excluding hydrogens is 536 g/mol. The first-order valence-corrected chi connectivity index (χ1v) is 14.8. The van der Waals surface area contributed by atoms with Crippen molar-refractivity contribution in [3.05, 3.63) is 192 Å². The Labute approximate surface area is 257 Å². The average molecular weight is 565 g/mol. The molecule has 2 heterocycles. The Morgan fingerprint density at radius 2 is 0.841 bits per heavy atom. The van der Waals surface area contributed by atoms with Crippen LogP contribution < -0.4 is 4.74 Å². The maximum atomic E-state index is 6.47. The number of rotatable bonds is 5. The zero-order valence-electron chi connectivity index (χ0n) is 24.0. The molecule has 7 aromatic rings. The van der Waals surface area contributed by atoms with E-state index in [0.29, 0.717) is 0 Å². The van der Waals surface area contributed by atoms with Gasteiger partial charge in [-0.15, -0.1) is 10.2 Å². The third-order valence-corrected chi connectivity index (χ3v) is 8.55. The first-order chi connectivity index (χ1) is 21.8. The molecule has 0 spiro atoms. The van der Waals surface area contributed by atoms with Crippen LogP contribution in [0, 0.1) is 0 Å². The molecule has 0 radical (unpaired) electrons. The van der Waals surface area contributed by atoms with E-state index in [1.165, 1.54) is 11.1 Å². The number of fused-ring (bicyclic) bond motifs is 2. The molecule has 44 heavy (non-hydrogen) atoms. The number of hydrogen-bond acceptors (Lipinski definition) is 3. The molecule has 1 aliphatic heterocycles. The summed E-state index contributed by atoms with van der Waals surface area (Å²) in [6.45, 7) is 0. The van der Waals surface area contributed by atoms with E-state index in [-0.39, 0.29) is 0 Å². The summed E-state index contributed by atoms with van der Waals surface area (Å²) in [5.41, 5.74) is 10.2. The Morgan fingerprint density at radius 3 is 1.45 bits per heavy atom. The van der Waals surface area contributed by atoms with Crippen LogP contribution in [-0.2, 0) is 5.41 Å². The summed E-state index contributed by atoms with van der Waals surface area (Å²) >= 11 is 0. The molecule has 6 aromatic carbocycles. The Kier molecular flexibility index (Phi) is 6.35. The third kappa shape index (κ3) is 4.29. The highest BCUT2D eigenvalue weighted by Gasteiger charge is 2.45. The molecule has 0 N–H and O–H groups in total. The molecule has 0 atom stereocenters. The Balaban J connectivity index is 1.22. The summed E-state index contributed by atoms with van der Waals surface area (Å²) < 4.78 is 6.47. The van der Waals surface area contributed by atoms with Crippen molar-refractivity contribution in [3.63, 3.8) is 0 Å². The number of aromatic nitrogens is 2. The van der Waals surface area contributed by atoms with Gasteiger partial charge in [0.05, 0.1) is 16.8 Å². The van der Waals surface area contributed by atoms with Crippen LogP contribution >= 0.6 is 0 Å². The second-order valence-electron chi connectivity index (χ2n) is 11.0. The number of benzene rings is 6. The van der Waals surface area contributed by atoms with Crippen molar-refractivity contribution in [2.75, 3.05) is 0 Å². The highest BCUT2D eigenvalue weighted by atomic mass is 16.5. The summed E-state index contributed by atoms with van der Waals surface area (Å²) in [5, 5.41) is 9.01. The van der Waals surface area contributed by atoms with Crippen LogP contribution in [0.5, 0.6) is 11.5 Å². The Hall–Kier alpha value is -5.80. The molecule has 1 aromatic heterocycles. The standard InChI is InChI=1S/C41H28N2O/c1-3-12-30(13-4-1)37-26-27-38(43-42-37)31-24-22-29(23-25-31)32-14-11-17-34(28-32)41(33-15-5-2-6-16-33)35-18-7-9-20-39(35)44-40-21-10-8-19-36(40)41/h1-28H. The molecule has 0 fully saturated rings. The lowest BCUT2D eigenvalue weighted by Crippen LogP contribution is -2.34. The normalized spacial score (nSPS) is 12.9. The minimum atomic E-state index is -0.543. The molecule has 0 saturated heterocycles. The van der Waals surface area contributed by atoms with Crippen LogP contribution in [0.15, 0.2) is 170 Å². The van der Waals surface area contributed by atoms with Crippen LogP contribution in [0.1, 0.15) is 22.3 Å². The second kappa shape index (κ2) is 10.8. The van der Waals surface area contributed by atoms with Crippen LogP contribution in [0.4, 0.5) is 0 Å². The molecule has 0 unspecified atom stereocenters. The fourth-order valence-electron chi connectivity index (χ4n) is 6.49. The summed E-state index contributed by atoms with van der Waals surface area (Å²) in [6, 6.07) is 59.3. The van der Waals surface area contributed by atoms with Gasteiger partial charge in [-0.05, 0) is 52.6 Å². The van der Waals surface area contributed by atoms with E-state index in [1.54, 1.807) is 0 Å². The van der Waals surface area contributed by atoms with E-state index in [9.17, 15) is 0 Å². The van der Waals surface area contributed by atoms with Crippen LogP contribution in [0.2, 0.25) is 0 Å². The molecule has 8 rings (SSSR count). The summed E-state index contributed by atoms with van der Waals surface area (Å²) in [4.78, 5) is 0. The molecular formula is C41H28N2O. The lowest BCUT2D eigenvalue weighted by Gasteiger charge is -2.41. The highest BCUT2D eigenvalue weighted by molar-refractivity contribution is 5.74. The zero-order valence-corrected chi connectivity index (χ0v) is 24.0. The topological polar surface area (TPSA) is 35.0 Å². The Bertz CT molecular complexity index is 2020. The van der Waals surface area contributed by atoms with Crippen molar-refractivity contribution in [2.24, 2.45) is 0 Å². The molecule has 0 amide bonds. The molecule has 208 valence electrons. The molecule has 0 aliphatic carbocycles. The number of para-hydroxylation sites is 2. The minimum Gasteiger partial charge on any atom is -0.457 e. The van der Waals surface area contributed by atoms with Crippen molar-refractivity contribution in [2.45, 2.75) is 5.41 Å². The predicted molar refractivity (Wildman–Crippen MR) is 177 cm³/mol. The van der Waals surface area contributed by atoms with E-state index >= 15 is 0 Å². The molecule has 3 heteroatoms. The summed E-state index contributed by atoms with van der Waals surface area (Å²) in [6.07, 6.45) is 0. The quantitative estimate of drug-likeness (QED) is 0.209. The van der Waals surface area contributed by atoms with E-state index in [2.05, 4.69) is 125 Å². The minimum absolute atomic E-state index is 0.543. The summed E-state index contributed by atoms with van der Waals surface area (Å²) in [7, 11) is 0. The number of nitrogens with zero attached hydrogens (tertiary/aromatic N) is 2. The first kappa shape index (κ1) is 25.9. The van der Waals surface area contributed by atoms with Crippen LogP contribution in [0.3, 0.4) is 0 Å². The maximum Gasteiger partial charge on any atom is 0.132 e. The van der Waals surface area contributed by atoms with Gasteiger partial charge in [0.2, 0.25) is 0 Å². The average Bonchev–Trinajstić information content (AvgIpc) is 3.11. The van der Waals surface area contributed by atoms with Gasteiger partial charge in [0.1, 0.15) is 11.5 Å². The van der Waals surface area contributed by atoms with Gasteiger partial charge in [-0.2, -0.15) is 0 Å². The van der Waals surface area contributed by atoms with E-state index < -0.39 is 5.41 Å². The van der Waals surface area contributed by atoms with Crippen molar-refractivity contribution >= 4 is 0 Å². The predicted octanol–water partition coefficient (Wildman–Crippen LogP) is 9.97. The zero-order chi connectivity index (χ0) is 29.3. The molecule has 0 saturated carbocycles. The van der Waals surface area contributed by atoms with Crippen molar-refractivity contribution in [1.29, 1.82) is 0 Å². The van der Waals surface area contributed by atoms with E-state index in [0.717, 1.165) is 56.3 Å². The largest absolute Gasteiger partial charge is 0.457 e. The molecule has 1 aliphatic rings.